The van der Waals surface area contributed by atoms with E-state index in [4.69, 9.17) is 15.8 Å². The van der Waals surface area contributed by atoms with Crippen LogP contribution in [0, 0.1) is 6.92 Å². The molecule has 0 radical (unpaired) electrons. The van der Waals surface area contributed by atoms with E-state index in [-0.39, 0.29) is 17.7 Å². The highest BCUT2D eigenvalue weighted by Gasteiger charge is 2.31. The van der Waals surface area contributed by atoms with Crippen molar-refractivity contribution in [2.24, 2.45) is 5.10 Å². The van der Waals surface area contributed by atoms with Crippen LogP contribution in [0.2, 0.25) is 5.02 Å². The Labute approximate surface area is 199 Å². The summed E-state index contributed by atoms with van der Waals surface area (Å²) in [6.07, 6.45) is -3.36. The van der Waals surface area contributed by atoms with Crippen LogP contribution in [-0.2, 0) is 27.5 Å². The summed E-state index contributed by atoms with van der Waals surface area (Å²) in [6.45, 7) is 1.59. The second-order valence-corrected chi connectivity index (χ2v) is 9.14. The van der Waals surface area contributed by atoms with E-state index in [1.807, 2.05) is 0 Å². The number of rotatable bonds is 7. The summed E-state index contributed by atoms with van der Waals surface area (Å²) in [5.41, 5.74) is 2.71. The summed E-state index contributed by atoms with van der Waals surface area (Å²) in [4.78, 5) is 11.7. The number of para-hydroxylation sites is 1. The maximum Gasteiger partial charge on any atom is 0.416 e. The van der Waals surface area contributed by atoms with E-state index in [0.29, 0.717) is 28.3 Å². The predicted molar refractivity (Wildman–Crippen MR) is 121 cm³/mol. The summed E-state index contributed by atoms with van der Waals surface area (Å²) in [7, 11) is -4.44. The van der Waals surface area contributed by atoms with Gasteiger partial charge in [0.25, 0.3) is 0 Å². The Kier molecular flexibility index (Phi) is 7.63. The number of benzene rings is 3. The summed E-state index contributed by atoms with van der Waals surface area (Å²) in [5, 5.41) is 4.34. The lowest BCUT2D eigenvalue weighted by Crippen LogP contribution is -2.20. The Morgan fingerprint density at radius 1 is 1.09 bits per heavy atom. The molecule has 3 aromatic rings. The summed E-state index contributed by atoms with van der Waals surface area (Å²) < 4.78 is 68.8. The molecule has 0 spiro atoms. The number of halogens is 4. The molecule has 0 aromatic heterocycles. The minimum absolute atomic E-state index is 0.0252. The maximum absolute atomic E-state index is 12.8. The number of hydrogen-bond acceptors (Lipinski definition) is 5. The van der Waals surface area contributed by atoms with Gasteiger partial charge in [0.15, 0.2) is 5.75 Å². The van der Waals surface area contributed by atoms with Gasteiger partial charge in [-0.25, -0.2) is 5.43 Å². The topological polar surface area (TPSA) is 84.8 Å². The molecule has 1 N–H and O–H groups in total. The minimum Gasteiger partial charge on any atom is -0.378 e. The van der Waals surface area contributed by atoms with Gasteiger partial charge < -0.3 is 4.18 Å². The number of hydrazone groups is 1. The fourth-order valence-electron chi connectivity index (χ4n) is 2.90. The molecule has 3 rings (SSSR count). The van der Waals surface area contributed by atoms with Gasteiger partial charge in [-0.3, -0.25) is 4.79 Å². The van der Waals surface area contributed by atoms with Crippen molar-refractivity contribution in [3.8, 4) is 5.75 Å². The average molecular weight is 511 g/mol. The SMILES string of the molecule is Cc1cccc(C=NNC(=O)Cc2cccc(Cl)c2)c1OS(=O)(=O)c1ccc(C(F)(F)F)cc1. The smallest absolute Gasteiger partial charge is 0.378 e. The van der Waals surface area contributed by atoms with Crippen LogP contribution in [0.3, 0.4) is 0 Å². The molecule has 178 valence electrons. The molecule has 34 heavy (non-hydrogen) atoms. The normalized spacial score (nSPS) is 12.0. The quantitative estimate of drug-likeness (QED) is 0.271. The minimum atomic E-state index is -4.60. The van der Waals surface area contributed by atoms with Gasteiger partial charge >= 0.3 is 16.3 Å². The van der Waals surface area contributed by atoms with E-state index in [1.54, 1.807) is 43.3 Å². The van der Waals surface area contributed by atoms with Gasteiger partial charge in [-0.1, -0.05) is 35.9 Å². The first-order valence-electron chi connectivity index (χ1n) is 9.73. The van der Waals surface area contributed by atoms with Crippen LogP contribution in [0.4, 0.5) is 13.2 Å². The van der Waals surface area contributed by atoms with Crippen molar-refractivity contribution in [3.05, 3.63) is 94.0 Å². The molecule has 0 saturated carbocycles. The number of hydrogen-bond donors (Lipinski definition) is 1. The van der Waals surface area contributed by atoms with Crippen LogP contribution >= 0.6 is 11.6 Å². The van der Waals surface area contributed by atoms with E-state index >= 15 is 0 Å². The van der Waals surface area contributed by atoms with E-state index in [1.165, 1.54) is 12.3 Å². The van der Waals surface area contributed by atoms with Gasteiger partial charge in [0.1, 0.15) is 4.90 Å². The number of aryl methyl sites for hydroxylation is 1. The Balaban J connectivity index is 1.75. The van der Waals surface area contributed by atoms with Crippen molar-refractivity contribution < 1.29 is 30.6 Å². The van der Waals surface area contributed by atoms with Gasteiger partial charge in [-0.15, -0.1) is 0 Å². The van der Waals surface area contributed by atoms with Crippen molar-refractivity contribution in [1.82, 2.24) is 5.43 Å². The van der Waals surface area contributed by atoms with Crippen LogP contribution in [0.25, 0.3) is 0 Å². The van der Waals surface area contributed by atoms with Gasteiger partial charge in [-0.05, 0) is 60.5 Å². The molecule has 0 aliphatic rings. The van der Waals surface area contributed by atoms with E-state index in [9.17, 15) is 26.4 Å². The van der Waals surface area contributed by atoms with Gasteiger partial charge in [0.05, 0.1) is 18.2 Å². The third-order valence-electron chi connectivity index (χ3n) is 4.55. The van der Waals surface area contributed by atoms with Crippen LogP contribution in [0.5, 0.6) is 5.75 Å². The molecule has 0 aliphatic carbocycles. The number of alkyl halides is 3. The molecule has 1 amide bonds. The van der Waals surface area contributed by atoms with Crippen molar-refractivity contribution in [3.63, 3.8) is 0 Å². The summed E-state index contributed by atoms with van der Waals surface area (Å²) in [5.74, 6) is -0.499. The lowest BCUT2D eigenvalue weighted by atomic mass is 10.1. The third kappa shape index (κ3) is 6.58. The Morgan fingerprint density at radius 2 is 1.76 bits per heavy atom. The first kappa shape index (κ1) is 25.3. The molecule has 0 saturated heterocycles. The highest BCUT2D eigenvalue weighted by atomic mass is 35.5. The predicted octanol–water partition coefficient (Wildman–Crippen LogP) is 5.13. The number of carbonyl (C=O) groups excluding carboxylic acids is 1. The Bertz CT molecular complexity index is 1320. The summed E-state index contributed by atoms with van der Waals surface area (Å²) in [6, 6.07) is 14.4. The van der Waals surface area contributed by atoms with Crippen molar-refractivity contribution in [2.45, 2.75) is 24.4 Å². The van der Waals surface area contributed by atoms with Gasteiger partial charge in [0.2, 0.25) is 5.91 Å². The highest BCUT2D eigenvalue weighted by Crippen LogP contribution is 2.31. The van der Waals surface area contributed by atoms with Gasteiger partial charge in [0, 0.05) is 10.6 Å². The molecule has 11 heteroatoms. The molecule has 0 unspecified atom stereocenters. The molecular formula is C23H18ClF3N2O4S. The Hall–Kier alpha value is -3.37. The van der Waals surface area contributed by atoms with E-state index < -0.39 is 32.7 Å². The van der Waals surface area contributed by atoms with Gasteiger partial charge in [-0.2, -0.15) is 26.7 Å². The average Bonchev–Trinajstić information content (AvgIpc) is 2.75. The highest BCUT2D eigenvalue weighted by molar-refractivity contribution is 7.87. The lowest BCUT2D eigenvalue weighted by molar-refractivity contribution is -0.137. The fourth-order valence-corrected chi connectivity index (χ4v) is 4.13. The molecule has 0 aliphatic heterocycles. The van der Waals surface area contributed by atoms with Crippen LogP contribution < -0.4 is 9.61 Å². The second-order valence-electron chi connectivity index (χ2n) is 7.15. The molecule has 3 aromatic carbocycles. The zero-order chi connectivity index (χ0) is 24.9. The molecule has 0 bridgehead atoms. The van der Waals surface area contributed by atoms with Crippen LogP contribution in [0.15, 0.2) is 76.7 Å². The molecule has 0 atom stereocenters. The summed E-state index contributed by atoms with van der Waals surface area (Å²) >= 11 is 5.90. The number of carbonyl (C=O) groups is 1. The number of nitrogens with zero attached hydrogens (tertiary/aromatic N) is 1. The standard InChI is InChI=1S/C23H18ClF3N2O4S/c1-15-4-2-6-17(14-28-29-21(30)13-16-5-3-7-19(24)12-16)22(15)33-34(31,32)20-10-8-18(9-11-20)23(25,26)27/h2-12,14H,13H2,1H3,(H,29,30). The Morgan fingerprint density at radius 3 is 2.41 bits per heavy atom. The number of nitrogens with one attached hydrogen (secondary N) is 1. The van der Waals surface area contributed by atoms with Crippen LogP contribution in [0.1, 0.15) is 22.3 Å². The largest absolute Gasteiger partial charge is 0.416 e. The van der Waals surface area contributed by atoms with Crippen LogP contribution in [-0.4, -0.2) is 20.5 Å². The molecular weight excluding hydrogens is 493 g/mol. The monoisotopic (exact) mass is 510 g/mol. The van der Waals surface area contributed by atoms with E-state index in [2.05, 4.69) is 10.5 Å². The molecule has 0 fully saturated rings. The third-order valence-corrected chi connectivity index (χ3v) is 6.02. The maximum atomic E-state index is 12.8. The zero-order valence-electron chi connectivity index (χ0n) is 17.6. The number of amides is 1. The van der Waals surface area contributed by atoms with Crippen molar-refractivity contribution >= 4 is 33.8 Å². The van der Waals surface area contributed by atoms with E-state index in [0.717, 1.165) is 12.1 Å². The molecule has 0 heterocycles. The fraction of sp³-hybridized carbons (Fsp3) is 0.130. The zero-order valence-corrected chi connectivity index (χ0v) is 19.2. The first-order chi connectivity index (χ1) is 16.0. The lowest BCUT2D eigenvalue weighted by Gasteiger charge is -2.13. The van der Waals surface area contributed by atoms with Crippen molar-refractivity contribution in [1.29, 1.82) is 0 Å². The molecule has 6 nitrogen and oxygen atoms in total. The van der Waals surface area contributed by atoms with Crippen molar-refractivity contribution in [2.75, 3.05) is 0 Å². The second kappa shape index (κ2) is 10.3. The first-order valence-corrected chi connectivity index (χ1v) is 11.5.